The first-order chi connectivity index (χ1) is 18.5. The molecule has 2 fully saturated rings. The predicted molar refractivity (Wildman–Crippen MR) is 152 cm³/mol. The van der Waals surface area contributed by atoms with Gasteiger partial charge in [-0.2, -0.15) is 0 Å². The van der Waals surface area contributed by atoms with Gasteiger partial charge in [-0.05, 0) is 84.8 Å². The van der Waals surface area contributed by atoms with Crippen molar-refractivity contribution in [1.29, 1.82) is 0 Å². The molecule has 3 heterocycles. The van der Waals surface area contributed by atoms with Crippen LogP contribution in [0.15, 0.2) is 24.5 Å². The van der Waals surface area contributed by atoms with Crippen molar-refractivity contribution < 1.29 is 24.1 Å². The first-order valence-corrected chi connectivity index (χ1v) is 14.3. The number of nitrogens with zero attached hydrogens (tertiary/aromatic N) is 3. The van der Waals surface area contributed by atoms with Gasteiger partial charge in [-0.3, -0.25) is 9.97 Å². The molecule has 214 valence electrons. The number of aliphatic carboxylic acids is 1. The number of carboxylic acid groups (broad SMARTS) is 1. The molecule has 2 aliphatic rings. The highest BCUT2D eigenvalue weighted by atomic mass is 16.5. The van der Waals surface area contributed by atoms with Gasteiger partial charge in [0.25, 0.3) is 0 Å². The van der Waals surface area contributed by atoms with E-state index in [9.17, 15) is 9.90 Å². The number of aryl methyl sites for hydroxylation is 1. The first-order valence-electron chi connectivity index (χ1n) is 14.3. The molecule has 1 saturated carbocycles. The molecule has 4 rings (SSSR count). The van der Waals surface area contributed by atoms with Crippen LogP contribution in [0.1, 0.15) is 90.5 Å². The fourth-order valence-electron chi connectivity index (χ4n) is 5.93. The van der Waals surface area contributed by atoms with E-state index in [0.29, 0.717) is 35.6 Å². The monoisotopic (exact) mass is 539 g/mol. The van der Waals surface area contributed by atoms with E-state index in [-0.39, 0.29) is 6.10 Å². The molecule has 1 aliphatic carbocycles. The van der Waals surface area contributed by atoms with Gasteiger partial charge in [-0.15, -0.1) is 0 Å². The number of aromatic nitrogens is 2. The minimum absolute atomic E-state index is 0.158. The van der Waals surface area contributed by atoms with Crippen molar-refractivity contribution in [3.8, 4) is 17.0 Å². The maximum atomic E-state index is 12.6. The van der Waals surface area contributed by atoms with Crippen LogP contribution in [0.5, 0.6) is 5.75 Å². The van der Waals surface area contributed by atoms with Gasteiger partial charge in [0.15, 0.2) is 6.10 Å². The van der Waals surface area contributed by atoms with E-state index in [4.69, 9.17) is 19.2 Å². The second-order valence-electron chi connectivity index (χ2n) is 12.3. The third-order valence-electron chi connectivity index (χ3n) is 7.87. The van der Waals surface area contributed by atoms with Crippen LogP contribution in [-0.4, -0.2) is 59.1 Å². The van der Waals surface area contributed by atoms with E-state index >= 15 is 0 Å². The van der Waals surface area contributed by atoms with Crippen LogP contribution >= 0.6 is 0 Å². The van der Waals surface area contributed by atoms with Crippen molar-refractivity contribution >= 4 is 11.7 Å². The quantitative estimate of drug-likeness (QED) is 0.349. The summed E-state index contributed by atoms with van der Waals surface area (Å²) in [6.07, 6.45) is 10.00. The summed E-state index contributed by atoms with van der Waals surface area (Å²) in [5.41, 5.74) is 3.49. The van der Waals surface area contributed by atoms with E-state index in [0.717, 1.165) is 42.9 Å². The first kappa shape index (κ1) is 29.3. The summed E-state index contributed by atoms with van der Waals surface area (Å²) < 4.78 is 17.5. The molecule has 1 aliphatic heterocycles. The highest BCUT2D eigenvalue weighted by Gasteiger charge is 2.40. The third-order valence-corrected chi connectivity index (χ3v) is 7.87. The van der Waals surface area contributed by atoms with Gasteiger partial charge < -0.3 is 24.2 Å². The molecule has 0 amide bonds. The summed E-state index contributed by atoms with van der Waals surface area (Å²) in [7, 11) is 0. The molecule has 1 atom stereocenters. The number of carbonyl (C=O) groups is 1. The lowest BCUT2D eigenvalue weighted by molar-refractivity contribution is -0.160. The summed E-state index contributed by atoms with van der Waals surface area (Å²) in [5, 5.41) is 10.3. The van der Waals surface area contributed by atoms with Crippen LogP contribution in [0.3, 0.4) is 0 Å². The smallest absolute Gasteiger partial charge is 0.337 e. The van der Waals surface area contributed by atoms with Crippen molar-refractivity contribution in [1.82, 2.24) is 9.97 Å². The largest absolute Gasteiger partial charge is 0.490 e. The predicted octanol–water partition coefficient (Wildman–Crippen LogP) is 6.36. The Bertz CT molecular complexity index is 1110. The van der Waals surface area contributed by atoms with Gasteiger partial charge in [0.2, 0.25) is 0 Å². The summed E-state index contributed by atoms with van der Waals surface area (Å²) in [4.78, 5) is 24.3. The van der Waals surface area contributed by atoms with E-state index < -0.39 is 17.7 Å². The zero-order valence-corrected chi connectivity index (χ0v) is 24.5. The highest BCUT2D eigenvalue weighted by molar-refractivity contribution is 5.85. The molecule has 1 saturated heterocycles. The molecule has 2 aromatic rings. The second-order valence-corrected chi connectivity index (χ2v) is 12.3. The summed E-state index contributed by atoms with van der Waals surface area (Å²) in [6.45, 7) is 14.2. The molecule has 1 N–H and O–H groups in total. The average Bonchev–Trinajstić information content (AvgIpc) is 3.33. The van der Waals surface area contributed by atoms with Gasteiger partial charge in [-0.1, -0.05) is 12.8 Å². The molecule has 39 heavy (non-hydrogen) atoms. The summed E-state index contributed by atoms with van der Waals surface area (Å²) in [6, 6.07) is 3.81. The number of ether oxygens (including phenoxy) is 3. The second kappa shape index (κ2) is 12.2. The Balaban J connectivity index is 1.70. The number of carboxylic acids is 1. The molecule has 2 aromatic heterocycles. The zero-order valence-electron chi connectivity index (χ0n) is 24.5. The van der Waals surface area contributed by atoms with Crippen LogP contribution in [-0.2, 0) is 14.3 Å². The average molecular weight is 540 g/mol. The van der Waals surface area contributed by atoms with Crippen molar-refractivity contribution in [3.05, 3.63) is 35.8 Å². The molecule has 0 unspecified atom stereocenters. The topological polar surface area (TPSA) is 94.0 Å². The Morgan fingerprint density at radius 1 is 1.05 bits per heavy atom. The Labute approximate surface area is 233 Å². The maximum absolute atomic E-state index is 12.6. The molecule has 1 spiro atoms. The van der Waals surface area contributed by atoms with Crippen molar-refractivity contribution in [3.63, 3.8) is 0 Å². The van der Waals surface area contributed by atoms with Gasteiger partial charge in [0, 0.05) is 36.1 Å². The molecule has 0 bridgehead atoms. The number of pyridine rings is 2. The lowest BCUT2D eigenvalue weighted by Gasteiger charge is -2.42. The zero-order chi connectivity index (χ0) is 28.2. The normalized spacial score (nSPS) is 18.1. The SMILES string of the molecule is Cc1ncc(-c2ccc(OCCOC(C)C)cn2)c(N2CCC3(CCCC3)CC2)c1[C@H](OC(C)(C)C)C(=O)O. The summed E-state index contributed by atoms with van der Waals surface area (Å²) in [5.74, 6) is -0.355. The lowest BCUT2D eigenvalue weighted by Crippen LogP contribution is -2.40. The van der Waals surface area contributed by atoms with Crippen LogP contribution in [0.25, 0.3) is 11.3 Å². The van der Waals surface area contributed by atoms with Crippen molar-refractivity contribution in [2.45, 2.75) is 97.9 Å². The van der Waals surface area contributed by atoms with Crippen LogP contribution in [0, 0.1) is 12.3 Å². The van der Waals surface area contributed by atoms with Crippen LogP contribution < -0.4 is 9.64 Å². The molecular formula is C31H45N3O5. The Hall–Kier alpha value is -2.71. The lowest BCUT2D eigenvalue weighted by atomic mass is 9.76. The number of anilines is 1. The fraction of sp³-hybridized carbons (Fsp3) is 0.645. The van der Waals surface area contributed by atoms with Gasteiger partial charge in [0.1, 0.15) is 12.4 Å². The number of hydrogen-bond acceptors (Lipinski definition) is 7. The Morgan fingerprint density at radius 2 is 1.74 bits per heavy atom. The van der Waals surface area contributed by atoms with Crippen molar-refractivity contribution in [2.24, 2.45) is 5.41 Å². The van der Waals surface area contributed by atoms with Gasteiger partial charge in [-0.25, -0.2) is 4.79 Å². The Kier molecular flexibility index (Phi) is 9.17. The minimum Gasteiger partial charge on any atom is -0.490 e. The van der Waals surface area contributed by atoms with Gasteiger partial charge >= 0.3 is 5.97 Å². The Morgan fingerprint density at radius 3 is 2.31 bits per heavy atom. The third kappa shape index (κ3) is 7.28. The summed E-state index contributed by atoms with van der Waals surface area (Å²) >= 11 is 0. The standard InChI is InChI=1S/C31H45N3O5/c1-21(2)37-17-18-38-23-9-10-25(33-19-23)24-20-32-22(3)26(28(29(35)36)39-30(4,5)6)27(24)34-15-13-31(14-16-34)11-7-8-12-31/h9-10,19-21,28H,7-8,11-18H2,1-6H3,(H,35,36)/t28-/m0/s1. The maximum Gasteiger partial charge on any atom is 0.337 e. The molecule has 8 heteroatoms. The van der Waals surface area contributed by atoms with Crippen LogP contribution in [0.4, 0.5) is 5.69 Å². The minimum atomic E-state index is -1.14. The number of hydrogen-bond donors (Lipinski definition) is 1. The highest BCUT2D eigenvalue weighted by Crippen LogP contribution is 2.49. The fourth-order valence-corrected chi connectivity index (χ4v) is 5.93. The molecule has 0 radical (unpaired) electrons. The number of rotatable bonds is 10. The van der Waals surface area contributed by atoms with Gasteiger partial charge in [0.05, 0.1) is 35.9 Å². The van der Waals surface area contributed by atoms with E-state index in [1.165, 1.54) is 25.7 Å². The van der Waals surface area contributed by atoms with Crippen molar-refractivity contribution in [2.75, 3.05) is 31.2 Å². The van der Waals surface area contributed by atoms with E-state index in [2.05, 4.69) is 9.88 Å². The molecular weight excluding hydrogens is 494 g/mol. The van der Waals surface area contributed by atoms with E-state index in [1.54, 1.807) is 6.20 Å². The van der Waals surface area contributed by atoms with Crippen LogP contribution in [0.2, 0.25) is 0 Å². The molecule has 0 aromatic carbocycles. The van der Waals surface area contributed by atoms with E-state index in [1.807, 2.05) is 59.9 Å². The number of piperidine rings is 1. The molecule has 8 nitrogen and oxygen atoms in total.